The Bertz CT molecular complexity index is 266. The van der Waals surface area contributed by atoms with Crippen molar-refractivity contribution >= 4 is 5.91 Å². The van der Waals surface area contributed by atoms with Crippen LogP contribution in [0.4, 0.5) is 0 Å². The first-order chi connectivity index (χ1) is 8.22. The minimum Gasteiger partial charge on any atom is -0.380 e. The van der Waals surface area contributed by atoms with Crippen molar-refractivity contribution in [1.29, 1.82) is 0 Å². The largest absolute Gasteiger partial charge is 0.380 e. The van der Waals surface area contributed by atoms with Gasteiger partial charge in [-0.2, -0.15) is 0 Å². The summed E-state index contributed by atoms with van der Waals surface area (Å²) in [6.07, 6.45) is 3.17. The van der Waals surface area contributed by atoms with E-state index in [1.807, 2.05) is 6.92 Å². The molecule has 0 aromatic rings. The standard InChI is InChI=1S/C12H22N2O3/c1-3-17-9-4-8(5-9)14-12(15)11-6-10(16-2)7-13-11/h8-11,13H,3-7H2,1-2H3,(H,14,15). The fraction of sp³-hybridized carbons (Fsp3) is 0.917. The molecule has 98 valence electrons. The van der Waals surface area contributed by atoms with Crippen LogP contribution in [0.25, 0.3) is 0 Å². The van der Waals surface area contributed by atoms with Gasteiger partial charge in [0, 0.05) is 26.3 Å². The molecule has 2 unspecified atom stereocenters. The van der Waals surface area contributed by atoms with Crippen molar-refractivity contribution in [1.82, 2.24) is 10.6 Å². The Labute approximate surface area is 102 Å². The van der Waals surface area contributed by atoms with Gasteiger partial charge in [-0.1, -0.05) is 0 Å². The van der Waals surface area contributed by atoms with E-state index in [9.17, 15) is 4.79 Å². The molecule has 2 rings (SSSR count). The first kappa shape index (κ1) is 12.8. The van der Waals surface area contributed by atoms with Gasteiger partial charge in [0.2, 0.25) is 5.91 Å². The van der Waals surface area contributed by atoms with E-state index in [0.29, 0.717) is 12.1 Å². The van der Waals surface area contributed by atoms with Gasteiger partial charge in [0.1, 0.15) is 0 Å². The van der Waals surface area contributed by atoms with Gasteiger partial charge in [0.25, 0.3) is 0 Å². The number of rotatable bonds is 5. The van der Waals surface area contributed by atoms with Crippen molar-refractivity contribution in [3.05, 3.63) is 0 Å². The molecule has 0 radical (unpaired) electrons. The molecule has 1 aliphatic heterocycles. The number of hydrogen-bond donors (Lipinski definition) is 2. The van der Waals surface area contributed by atoms with E-state index in [1.54, 1.807) is 7.11 Å². The van der Waals surface area contributed by atoms with Crippen LogP contribution >= 0.6 is 0 Å². The second kappa shape index (κ2) is 5.80. The highest BCUT2D eigenvalue weighted by atomic mass is 16.5. The minimum absolute atomic E-state index is 0.0916. The van der Waals surface area contributed by atoms with Gasteiger partial charge in [-0.05, 0) is 26.2 Å². The normalized spacial score (nSPS) is 36.6. The molecular weight excluding hydrogens is 220 g/mol. The first-order valence-corrected chi connectivity index (χ1v) is 6.41. The molecule has 0 bridgehead atoms. The predicted octanol–water partition coefficient (Wildman–Crippen LogP) is 0.0470. The Hall–Kier alpha value is -0.650. The van der Waals surface area contributed by atoms with Crippen LogP contribution in [0, 0.1) is 0 Å². The smallest absolute Gasteiger partial charge is 0.237 e. The first-order valence-electron chi connectivity index (χ1n) is 6.41. The second-order valence-corrected chi connectivity index (χ2v) is 4.81. The monoisotopic (exact) mass is 242 g/mol. The molecule has 1 aliphatic carbocycles. The molecule has 0 aromatic heterocycles. The molecule has 0 aromatic carbocycles. The summed E-state index contributed by atoms with van der Waals surface area (Å²) in [4.78, 5) is 11.9. The fourth-order valence-electron chi connectivity index (χ4n) is 2.44. The summed E-state index contributed by atoms with van der Waals surface area (Å²) in [5.41, 5.74) is 0. The van der Waals surface area contributed by atoms with Crippen LogP contribution in [0.1, 0.15) is 26.2 Å². The Kier molecular flexibility index (Phi) is 4.36. The van der Waals surface area contributed by atoms with Crippen LogP contribution in [0.2, 0.25) is 0 Å². The molecule has 1 saturated heterocycles. The number of nitrogens with one attached hydrogen (secondary N) is 2. The maximum Gasteiger partial charge on any atom is 0.237 e. The third kappa shape index (κ3) is 3.18. The summed E-state index contributed by atoms with van der Waals surface area (Å²) in [7, 11) is 1.69. The lowest BCUT2D eigenvalue weighted by Crippen LogP contribution is -2.52. The molecular formula is C12H22N2O3. The van der Waals surface area contributed by atoms with E-state index in [1.165, 1.54) is 0 Å². The summed E-state index contributed by atoms with van der Waals surface area (Å²) in [5.74, 6) is 0.101. The fourth-order valence-corrected chi connectivity index (χ4v) is 2.44. The van der Waals surface area contributed by atoms with Gasteiger partial charge >= 0.3 is 0 Å². The van der Waals surface area contributed by atoms with Gasteiger partial charge in [-0.3, -0.25) is 4.79 Å². The molecule has 5 heteroatoms. The van der Waals surface area contributed by atoms with Gasteiger partial charge in [0.05, 0.1) is 18.2 Å². The molecule has 1 saturated carbocycles. The zero-order chi connectivity index (χ0) is 12.3. The van der Waals surface area contributed by atoms with E-state index >= 15 is 0 Å². The Morgan fingerprint density at radius 2 is 2.12 bits per heavy atom. The summed E-state index contributed by atoms with van der Waals surface area (Å²) in [6, 6.07) is 0.202. The molecule has 2 fully saturated rings. The highest BCUT2D eigenvalue weighted by Crippen LogP contribution is 2.23. The van der Waals surface area contributed by atoms with E-state index in [2.05, 4.69) is 10.6 Å². The molecule has 5 nitrogen and oxygen atoms in total. The van der Waals surface area contributed by atoms with Crippen LogP contribution in [-0.4, -0.2) is 50.5 Å². The summed E-state index contributed by atoms with van der Waals surface area (Å²) in [5, 5.41) is 6.23. The lowest BCUT2D eigenvalue weighted by Gasteiger charge is -2.35. The zero-order valence-corrected chi connectivity index (χ0v) is 10.6. The summed E-state index contributed by atoms with van der Waals surface area (Å²) >= 11 is 0. The van der Waals surface area contributed by atoms with Crippen LogP contribution in [-0.2, 0) is 14.3 Å². The molecule has 2 N–H and O–H groups in total. The zero-order valence-electron chi connectivity index (χ0n) is 10.6. The van der Waals surface area contributed by atoms with Crippen molar-refractivity contribution in [2.45, 2.75) is 50.5 Å². The van der Waals surface area contributed by atoms with Crippen molar-refractivity contribution < 1.29 is 14.3 Å². The molecule has 2 aliphatic rings. The van der Waals surface area contributed by atoms with Gasteiger partial charge in [0.15, 0.2) is 0 Å². The minimum atomic E-state index is -0.0916. The quantitative estimate of drug-likeness (QED) is 0.715. The Morgan fingerprint density at radius 3 is 2.71 bits per heavy atom. The molecule has 1 heterocycles. The number of ether oxygens (including phenoxy) is 2. The number of hydrogen-bond acceptors (Lipinski definition) is 4. The van der Waals surface area contributed by atoms with E-state index in [4.69, 9.17) is 9.47 Å². The van der Waals surface area contributed by atoms with Crippen LogP contribution in [0.3, 0.4) is 0 Å². The van der Waals surface area contributed by atoms with Crippen molar-refractivity contribution in [2.75, 3.05) is 20.3 Å². The van der Waals surface area contributed by atoms with Crippen molar-refractivity contribution in [2.24, 2.45) is 0 Å². The predicted molar refractivity (Wildman–Crippen MR) is 63.8 cm³/mol. The molecule has 0 spiro atoms. The molecule has 2 atom stereocenters. The number of carbonyl (C=O) groups is 1. The van der Waals surface area contributed by atoms with E-state index in [0.717, 1.165) is 32.4 Å². The molecule has 1 amide bonds. The van der Waals surface area contributed by atoms with Crippen LogP contribution < -0.4 is 10.6 Å². The highest BCUT2D eigenvalue weighted by molar-refractivity contribution is 5.82. The van der Waals surface area contributed by atoms with Crippen molar-refractivity contribution in [3.8, 4) is 0 Å². The topological polar surface area (TPSA) is 59.6 Å². The molecule has 17 heavy (non-hydrogen) atoms. The van der Waals surface area contributed by atoms with Gasteiger partial charge in [-0.15, -0.1) is 0 Å². The van der Waals surface area contributed by atoms with Crippen LogP contribution in [0.15, 0.2) is 0 Å². The Balaban J connectivity index is 1.65. The summed E-state index contributed by atoms with van der Waals surface area (Å²) in [6.45, 7) is 3.52. The lowest BCUT2D eigenvalue weighted by molar-refractivity contribution is -0.125. The average Bonchev–Trinajstić information content (AvgIpc) is 2.74. The third-order valence-corrected chi connectivity index (χ3v) is 3.58. The number of methoxy groups -OCH3 is 1. The number of amides is 1. The SMILES string of the molecule is CCOC1CC(NC(=O)C2CC(OC)CN2)C1. The van der Waals surface area contributed by atoms with Crippen molar-refractivity contribution in [3.63, 3.8) is 0 Å². The Morgan fingerprint density at radius 1 is 1.35 bits per heavy atom. The average molecular weight is 242 g/mol. The second-order valence-electron chi connectivity index (χ2n) is 4.81. The highest BCUT2D eigenvalue weighted by Gasteiger charge is 2.34. The van der Waals surface area contributed by atoms with Gasteiger partial charge < -0.3 is 20.1 Å². The van der Waals surface area contributed by atoms with E-state index in [-0.39, 0.29) is 18.1 Å². The third-order valence-electron chi connectivity index (χ3n) is 3.58. The maximum atomic E-state index is 11.9. The maximum absolute atomic E-state index is 11.9. The lowest BCUT2D eigenvalue weighted by atomic mass is 9.89. The van der Waals surface area contributed by atoms with Gasteiger partial charge in [-0.25, -0.2) is 0 Å². The summed E-state index contributed by atoms with van der Waals surface area (Å²) < 4.78 is 10.7. The van der Waals surface area contributed by atoms with E-state index < -0.39 is 0 Å². The number of carbonyl (C=O) groups excluding carboxylic acids is 1. The van der Waals surface area contributed by atoms with Crippen LogP contribution in [0.5, 0.6) is 0 Å².